The molecule has 1 aromatic carbocycles. The van der Waals surface area contributed by atoms with Gasteiger partial charge >= 0.3 is 0 Å². The molecule has 138 valence electrons. The smallest absolute Gasteiger partial charge is 0.264 e. The van der Waals surface area contributed by atoms with Gasteiger partial charge in [0.05, 0.1) is 11.4 Å². The minimum Gasteiger partial charge on any atom is -0.355 e. The number of benzene rings is 1. The third-order valence-corrected chi connectivity index (χ3v) is 5.53. The number of carbonyl (C=O) groups is 2. The van der Waals surface area contributed by atoms with Crippen molar-refractivity contribution in [2.75, 3.05) is 39.3 Å². The summed E-state index contributed by atoms with van der Waals surface area (Å²) in [5.41, 5.74) is 3.29. The highest BCUT2D eigenvalue weighted by Gasteiger charge is 2.25. The summed E-state index contributed by atoms with van der Waals surface area (Å²) in [6, 6.07) is 10.3. The normalized spacial score (nSPS) is 15.1. The summed E-state index contributed by atoms with van der Waals surface area (Å²) < 4.78 is 0. The van der Waals surface area contributed by atoms with Crippen LogP contribution in [0.5, 0.6) is 0 Å². The Hall–Kier alpha value is -2.18. The highest BCUT2D eigenvalue weighted by atomic mass is 32.1. The molecular formula is C20H25N3O2S. The molecule has 2 amide bonds. The standard InChI is InChI=1S/C20H25N3O2S/c1-3-21-18(24)14-22-9-11-23(12-10-22)20(25)19-17(8-13-26-19)16-6-4-15(2)5-7-16/h4-8,13H,3,9-12,14H2,1-2H3,(H,21,24). The molecule has 1 fully saturated rings. The molecular weight excluding hydrogens is 346 g/mol. The summed E-state index contributed by atoms with van der Waals surface area (Å²) in [6.45, 7) is 7.81. The number of amides is 2. The van der Waals surface area contributed by atoms with Crippen LogP contribution in [0, 0.1) is 6.92 Å². The van der Waals surface area contributed by atoms with Crippen LogP contribution in [0.2, 0.25) is 0 Å². The van der Waals surface area contributed by atoms with Crippen molar-refractivity contribution in [3.05, 3.63) is 46.2 Å². The molecule has 0 unspecified atom stereocenters. The van der Waals surface area contributed by atoms with Crippen molar-refractivity contribution < 1.29 is 9.59 Å². The number of nitrogens with zero attached hydrogens (tertiary/aromatic N) is 2. The predicted octanol–water partition coefficient (Wildman–Crippen LogP) is 2.62. The second-order valence-electron chi connectivity index (χ2n) is 6.55. The van der Waals surface area contributed by atoms with Crippen molar-refractivity contribution >= 4 is 23.2 Å². The van der Waals surface area contributed by atoms with Crippen molar-refractivity contribution in [3.63, 3.8) is 0 Å². The van der Waals surface area contributed by atoms with E-state index in [-0.39, 0.29) is 11.8 Å². The summed E-state index contributed by atoms with van der Waals surface area (Å²) >= 11 is 1.50. The van der Waals surface area contributed by atoms with Crippen LogP contribution < -0.4 is 5.32 Å². The zero-order chi connectivity index (χ0) is 18.5. The molecule has 1 aromatic heterocycles. The number of piperazine rings is 1. The van der Waals surface area contributed by atoms with Crippen molar-refractivity contribution in [1.82, 2.24) is 15.1 Å². The minimum atomic E-state index is 0.0483. The lowest BCUT2D eigenvalue weighted by Crippen LogP contribution is -2.51. The van der Waals surface area contributed by atoms with Gasteiger partial charge in [0.25, 0.3) is 5.91 Å². The second kappa shape index (κ2) is 8.47. The van der Waals surface area contributed by atoms with Gasteiger partial charge in [-0.3, -0.25) is 14.5 Å². The van der Waals surface area contributed by atoms with E-state index in [4.69, 9.17) is 0 Å². The monoisotopic (exact) mass is 371 g/mol. The van der Waals surface area contributed by atoms with Gasteiger partial charge in [0.15, 0.2) is 0 Å². The number of likely N-dealkylation sites (N-methyl/N-ethyl adjacent to an activating group) is 1. The molecule has 26 heavy (non-hydrogen) atoms. The number of rotatable bonds is 5. The first-order valence-electron chi connectivity index (χ1n) is 9.01. The Kier molecular flexibility index (Phi) is 6.06. The lowest BCUT2D eigenvalue weighted by atomic mass is 10.0. The van der Waals surface area contributed by atoms with Gasteiger partial charge in [0, 0.05) is 38.3 Å². The molecule has 0 radical (unpaired) electrons. The van der Waals surface area contributed by atoms with Crippen LogP contribution in [0.3, 0.4) is 0 Å². The number of hydrogen-bond acceptors (Lipinski definition) is 4. The lowest BCUT2D eigenvalue weighted by Gasteiger charge is -2.34. The first-order chi connectivity index (χ1) is 12.6. The van der Waals surface area contributed by atoms with E-state index in [9.17, 15) is 9.59 Å². The number of aryl methyl sites for hydroxylation is 1. The van der Waals surface area contributed by atoms with Gasteiger partial charge in [-0.15, -0.1) is 11.3 Å². The van der Waals surface area contributed by atoms with E-state index in [1.165, 1.54) is 16.9 Å². The third kappa shape index (κ3) is 4.31. The van der Waals surface area contributed by atoms with Crippen molar-refractivity contribution in [1.29, 1.82) is 0 Å². The molecule has 1 saturated heterocycles. The maximum atomic E-state index is 13.0. The maximum absolute atomic E-state index is 13.0. The van der Waals surface area contributed by atoms with E-state index in [0.717, 1.165) is 29.1 Å². The summed E-state index contributed by atoms with van der Waals surface area (Å²) in [4.78, 5) is 29.5. The molecule has 0 spiro atoms. The Morgan fingerprint density at radius 2 is 1.77 bits per heavy atom. The van der Waals surface area contributed by atoms with Crippen LogP contribution in [-0.4, -0.2) is 60.9 Å². The van der Waals surface area contributed by atoms with Crippen LogP contribution in [-0.2, 0) is 4.79 Å². The zero-order valence-electron chi connectivity index (χ0n) is 15.3. The molecule has 1 N–H and O–H groups in total. The van der Waals surface area contributed by atoms with Gasteiger partial charge in [0.1, 0.15) is 0 Å². The molecule has 3 rings (SSSR count). The average molecular weight is 372 g/mol. The van der Waals surface area contributed by atoms with E-state index in [1.54, 1.807) is 0 Å². The summed E-state index contributed by atoms with van der Waals surface area (Å²) in [5, 5.41) is 4.80. The van der Waals surface area contributed by atoms with Crippen LogP contribution >= 0.6 is 11.3 Å². The third-order valence-electron chi connectivity index (χ3n) is 4.62. The molecule has 6 heteroatoms. The molecule has 0 atom stereocenters. The Morgan fingerprint density at radius 1 is 1.08 bits per heavy atom. The first kappa shape index (κ1) is 18.6. The lowest BCUT2D eigenvalue weighted by molar-refractivity contribution is -0.122. The largest absolute Gasteiger partial charge is 0.355 e. The molecule has 1 aliphatic heterocycles. The van der Waals surface area contributed by atoms with E-state index in [0.29, 0.717) is 26.2 Å². The molecule has 2 heterocycles. The Balaban J connectivity index is 1.64. The van der Waals surface area contributed by atoms with Gasteiger partial charge in [-0.2, -0.15) is 0 Å². The van der Waals surface area contributed by atoms with Gasteiger partial charge in [-0.05, 0) is 30.9 Å². The summed E-state index contributed by atoms with van der Waals surface area (Å²) in [6.07, 6.45) is 0. The van der Waals surface area contributed by atoms with Crippen LogP contribution in [0.15, 0.2) is 35.7 Å². The maximum Gasteiger partial charge on any atom is 0.264 e. The number of thiophene rings is 1. The van der Waals surface area contributed by atoms with Crippen molar-refractivity contribution in [3.8, 4) is 11.1 Å². The average Bonchev–Trinajstić information content (AvgIpc) is 3.12. The molecule has 1 aliphatic rings. The number of hydrogen-bond donors (Lipinski definition) is 1. The first-order valence-corrected chi connectivity index (χ1v) is 9.89. The quantitative estimate of drug-likeness (QED) is 0.879. The zero-order valence-corrected chi connectivity index (χ0v) is 16.1. The van der Waals surface area contributed by atoms with Crippen LogP contribution in [0.25, 0.3) is 11.1 Å². The van der Waals surface area contributed by atoms with E-state index >= 15 is 0 Å². The fraction of sp³-hybridized carbons (Fsp3) is 0.400. The predicted molar refractivity (Wildman–Crippen MR) is 106 cm³/mol. The van der Waals surface area contributed by atoms with Crippen LogP contribution in [0.4, 0.5) is 0 Å². The van der Waals surface area contributed by atoms with Gasteiger partial charge in [0.2, 0.25) is 5.91 Å². The molecule has 0 bridgehead atoms. The number of nitrogens with one attached hydrogen (secondary N) is 1. The molecule has 5 nitrogen and oxygen atoms in total. The van der Waals surface area contributed by atoms with E-state index in [1.807, 2.05) is 23.3 Å². The van der Waals surface area contributed by atoms with Crippen molar-refractivity contribution in [2.45, 2.75) is 13.8 Å². The SMILES string of the molecule is CCNC(=O)CN1CCN(C(=O)c2sccc2-c2ccc(C)cc2)CC1. The Bertz CT molecular complexity index is 762. The molecule has 0 saturated carbocycles. The highest BCUT2D eigenvalue weighted by molar-refractivity contribution is 7.12. The second-order valence-corrected chi connectivity index (χ2v) is 7.47. The Morgan fingerprint density at radius 3 is 2.42 bits per heavy atom. The minimum absolute atomic E-state index is 0.0483. The van der Waals surface area contributed by atoms with Gasteiger partial charge < -0.3 is 10.2 Å². The Labute approximate surface area is 158 Å². The molecule has 0 aliphatic carbocycles. The van der Waals surface area contributed by atoms with Gasteiger partial charge in [-0.1, -0.05) is 29.8 Å². The summed E-state index contributed by atoms with van der Waals surface area (Å²) in [5.74, 6) is 0.139. The van der Waals surface area contributed by atoms with E-state index < -0.39 is 0 Å². The van der Waals surface area contributed by atoms with Gasteiger partial charge in [-0.25, -0.2) is 0 Å². The fourth-order valence-corrected chi connectivity index (χ4v) is 4.03. The topological polar surface area (TPSA) is 52.7 Å². The van der Waals surface area contributed by atoms with Crippen molar-refractivity contribution in [2.24, 2.45) is 0 Å². The highest BCUT2D eigenvalue weighted by Crippen LogP contribution is 2.30. The fourth-order valence-electron chi connectivity index (χ4n) is 3.14. The summed E-state index contributed by atoms with van der Waals surface area (Å²) in [7, 11) is 0. The number of carbonyl (C=O) groups excluding carboxylic acids is 2. The molecule has 2 aromatic rings. The van der Waals surface area contributed by atoms with Crippen LogP contribution in [0.1, 0.15) is 22.2 Å². The van der Waals surface area contributed by atoms with E-state index in [2.05, 4.69) is 41.4 Å².